The maximum absolute atomic E-state index is 5.72. The normalized spacial score (nSPS) is 15.3. The summed E-state index contributed by atoms with van der Waals surface area (Å²) in [6, 6.07) is 10.2. The minimum Gasteiger partial charge on any atom is -0.493 e. The quantitative estimate of drug-likeness (QED) is 0.267. The summed E-state index contributed by atoms with van der Waals surface area (Å²) in [4.78, 5) is 7.24. The van der Waals surface area contributed by atoms with Crippen molar-refractivity contribution in [1.82, 2.24) is 15.5 Å². The molecule has 2 N–H and O–H groups in total. The van der Waals surface area contributed by atoms with Crippen molar-refractivity contribution in [2.24, 2.45) is 4.99 Å². The molecule has 1 aromatic heterocycles. The van der Waals surface area contributed by atoms with Gasteiger partial charge in [-0.3, -0.25) is 4.90 Å². The van der Waals surface area contributed by atoms with E-state index in [0.29, 0.717) is 13.2 Å². The molecule has 0 amide bonds. The Labute approximate surface area is 202 Å². The summed E-state index contributed by atoms with van der Waals surface area (Å²) in [5, 5.41) is 6.84. The van der Waals surface area contributed by atoms with E-state index < -0.39 is 0 Å². The van der Waals surface area contributed by atoms with Gasteiger partial charge < -0.3 is 24.5 Å². The van der Waals surface area contributed by atoms with Crippen LogP contribution < -0.4 is 20.1 Å². The number of hydrogen-bond acceptors (Lipinski definition) is 5. The van der Waals surface area contributed by atoms with Gasteiger partial charge in [0.1, 0.15) is 5.76 Å². The number of nitrogens with zero attached hydrogens (tertiary/aromatic N) is 2. The van der Waals surface area contributed by atoms with Gasteiger partial charge in [-0.25, -0.2) is 4.99 Å². The molecule has 1 unspecified atom stereocenters. The highest BCUT2D eigenvalue weighted by atomic mass is 127. The number of guanidine groups is 1. The number of hydrogen-bond donors (Lipinski definition) is 2. The van der Waals surface area contributed by atoms with Crippen LogP contribution in [0.2, 0.25) is 0 Å². The van der Waals surface area contributed by atoms with Crippen molar-refractivity contribution in [3.8, 4) is 11.5 Å². The molecular weight excluding hydrogens is 507 g/mol. The summed E-state index contributed by atoms with van der Waals surface area (Å²) in [5.74, 6) is 3.27. The lowest BCUT2D eigenvalue weighted by molar-refractivity contribution is 0.215. The first kappa shape index (κ1) is 25.3. The van der Waals surface area contributed by atoms with Crippen LogP contribution in [0.4, 0.5) is 0 Å². The van der Waals surface area contributed by atoms with Crippen LogP contribution in [-0.4, -0.2) is 50.8 Å². The van der Waals surface area contributed by atoms with Crippen LogP contribution >= 0.6 is 24.0 Å². The van der Waals surface area contributed by atoms with Crippen LogP contribution in [-0.2, 0) is 6.54 Å². The lowest BCUT2D eigenvalue weighted by Crippen LogP contribution is -2.42. The van der Waals surface area contributed by atoms with Gasteiger partial charge in [0.15, 0.2) is 17.5 Å². The fraction of sp³-hybridized carbons (Fsp3) is 0.522. The van der Waals surface area contributed by atoms with Crippen molar-refractivity contribution in [2.75, 3.05) is 39.9 Å². The smallest absolute Gasteiger partial charge is 0.191 e. The topological polar surface area (TPSA) is 71.3 Å². The first-order valence-corrected chi connectivity index (χ1v) is 10.8. The van der Waals surface area contributed by atoms with Crippen LogP contribution in [0.5, 0.6) is 11.5 Å². The number of benzene rings is 1. The Morgan fingerprint density at radius 2 is 1.97 bits per heavy atom. The molecule has 0 saturated carbocycles. The summed E-state index contributed by atoms with van der Waals surface area (Å²) < 4.78 is 16.8. The molecule has 1 aliphatic heterocycles. The Morgan fingerprint density at radius 1 is 1.16 bits per heavy atom. The zero-order valence-electron chi connectivity index (χ0n) is 18.7. The number of likely N-dealkylation sites (tertiary alicyclic amines) is 1. The van der Waals surface area contributed by atoms with Gasteiger partial charge in [0, 0.05) is 13.1 Å². The molecule has 1 fully saturated rings. The number of aliphatic imine (C=N–C) groups is 1. The zero-order valence-corrected chi connectivity index (χ0v) is 21.1. The van der Waals surface area contributed by atoms with E-state index >= 15 is 0 Å². The van der Waals surface area contributed by atoms with Crippen molar-refractivity contribution in [2.45, 2.75) is 39.3 Å². The van der Waals surface area contributed by atoms with Crippen molar-refractivity contribution >= 4 is 29.9 Å². The maximum Gasteiger partial charge on any atom is 0.191 e. The van der Waals surface area contributed by atoms with Crippen LogP contribution in [0.1, 0.15) is 44.1 Å². The van der Waals surface area contributed by atoms with Crippen LogP contribution in [0.3, 0.4) is 0 Å². The second-order valence-corrected chi connectivity index (χ2v) is 7.27. The minimum atomic E-state index is 0. The first-order valence-electron chi connectivity index (χ1n) is 10.8. The fourth-order valence-electron chi connectivity index (χ4n) is 3.73. The second-order valence-electron chi connectivity index (χ2n) is 7.27. The van der Waals surface area contributed by atoms with E-state index in [1.807, 2.05) is 31.2 Å². The fourth-order valence-corrected chi connectivity index (χ4v) is 3.73. The molecule has 1 aliphatic rings. The number of ether oxygens (including phenoxy) is 2. The van der Waals surface area contributed by atoms with Crippen molar-refractivity contribution in [3.05, 3.63) is 47.9 Å². The third-order valence-corrected chi connectivity index (χ3v) is 5.21. The monoisotopic (exact) mass is 542 g/mol. The third kappa shape index (κ3) is 7.31. The average molecular weight is 542 g/mol. The van der Waals surface area contributed by atoms with Gasteiger partial charge in [-0.05, 0) is 69.6 Å². The molecule has 0 spiro atoms. The molecule has 1 atom stereocenters. The Bertz CT molecular complexity index is 792. The van der Waals surface area contributed by atoms with Crippen molar-refractivity contribution < 1.29 is 13.9 Å². The lowest BCUT2D eigenvalue weighted by atomic mass is 10.2. The van der Waals surface area contributed by atoms with E-state index in [0.717, 1.165) is 55.0 Å². The summed E-state index contributed by atoms with van der Waals surface area (Å²) in [6.45, 7) is 8.94. The van der Waals surface area contributed by atoms with Crippen molar-refractivity contribution in [1.29, 1.82) is 0 Å². The molecule has 1 aromatic carbocycles. The molecule has 0 radical (unpaired) electrons. The molecule has 7 nitrogen and oxygen atoms in total. The van der Waals surface area contributed by atoms with E-state index in [-0.39, 0.29) is 30.0 Å². The SMILES string of the molecule is CCNC(=NCc1ccc(OCC)c(OC)c1)NCC(c1ccco1)N1CCCC1.I. The predicted octanol–water partition coefficient (Wildman–Crippen LogP) is 4.20. The lowest BCUT2D eigenvalue weighted by Gasteiger charge is -2.26. The molecule has 2 aromatic rings. The van der Waals surface area contributed by atoms with Gasteiger partial charge in [0.05, 0.1) is 32.6 Å². The zero-order chi connectivity index (χ0) is 21.2. The molecule has 0 aliphatic carbocycles. The molecule has 3 rings (SSSR count). The van der Waals surface area contributed by atoms with Crippen LogP contribution in [0, 0.1) is 0 Å². The molecule has 8 heteroatoms. The largest absolute Gasteiger partial charge is 0.493 e. The third-order valence-electron chi connectivity index (χ3n) is 5.21. The van der Waals surface area contributed by atoms with Crippen LogP contribution in [0.15, 0.2) is 46.0 Å². The Hall–Kier alpha value is -1.94. The van der Waals surface area contributed by atoms with Gasteiger partial charge in [-0.15, -0.1) is 24.0 Å². The van der Waals surface area contributed by atoms with E-state index in [4.69, 9.17) is 18.9 Å². The molecular formula is C23H35IN4O3. The Balaban J connectivity index is 0.00000341. The summed E-state index contributed by atoms with van der Waals surface area (Å²) in [6.07, 6.45) is 4.23. The highest BCUT2D eigenvalue weighted by molar-refractivity contribution is 14.0. The van der Waals surface area contributed by atoms with E-state index in [9.17, 15) is 0 Å². The van der Waals surface area contributed by atoms with E-state index in [1.165, 1.54) is 12.8 Å². The van der Waals surface area contributed by atoms with Gasteiger partial charge >= 0.3 is 0 Å². The van der Waals surface area contributed by atoms with Crippen LogP contribution in [0.25, 0.3) is 0 Å². The number of furan rings is 1. The summed E-state index contributed by atoms with van der Waals surface area (Å²) >= 11 is 0. The number of methoxy groups -OCH3 is 1. The molecule has 172 valence electrons. The summed E-state index contributed by atoms with van der Waals surface area (Å²) in [5.41, 5.74) is 1.06. The first-order chi connectivity index (χ1) is 14.7. The standard InChI is InChI=1S/C23H34N4O3.HI/c1-4-24-23(25-16-18-10-11-21(29-5-2)22(15-18)28-3)26-17-19(20-9-8-14-30-20)27-12-6-7-13-27;/h8-11,14-15,19H,4-7,12-13,16-17H2,1-3H3,(H2,24,25,26);1H. The molecule has 0 bridgehead atoms. The molecule has 31 heavy (non-hydrogen) atoms. The van der Waals surface area contributed by atoms with Gasteiger partial charge in [-0.2, -0.15) is 0 Å². The molecule has 2 heterocycles. The number of halogens is 1. The minimum absolute atomic E-state index is 0. The number of nitrogens with one attached hydrogen (secondary N) is 2. The maximum atomic E-state index is 5.72. The average Bonchev–Trinajstić information content (AvgIpc) is 3.48. The Morgan fingerprint density at radius 3 is 2.61 bits per heavy atom. The molecule has 1 saturated heterocycles. The summed E-state index contributed by atoms with van der Waals surface area (Å²) in [7, 11) is 1.66. The van der Waals surface area contributed by atoms with Gasteiger partial charge in [-0.1, -0.05) is 6.07 Å². The van der Waals surface area contributed by atoms with Crippen molar-refractivity contribution in [3.63, 3.8) is 0 Å². The van der Waals surface area contributed by atoms with Gasteiger partial charge in [0.2, 0.25) is 0 Å². The predicted molar refractivity (Wildman–Crippen MR) is 135 cm³/mol. The van der Waals surface area contributed by atoms with E-state index in [2.05, 4.69) is 28.5 Å². The van der Waals surface area contributed by atoms with E-state index in [1.54, 1.807) is 13.4 Å². The van der Waals surface area contributed by atoms with Gasteiger partial charge in [0.25, 0.3) is 0 Å². The Kier molecular flexibility index (Phi) is 11.0. The number of rotatable bonds is 10. The highest BCUT2D eigenvalue weighted by Gasteiger charge is 2.25. The second kappa shape index (κ2) is 13.5. The highest BCUT2D eigenvalue weighted by Crippen LogP contribution is 2.28.